The van der Waals surface area contributed by atoms with Crippen LogP contribution in [-0.2, 0) is 4.79 Å². The lowest BCUT2D eigenvalue weighted by molar-refractivity contribution is -0.112. The summed E-state index contributed by atoms with van der Waals surface area (Å²) in [5, 5.41) is 12.7. The molecule has 5 heteroatoms. The molecule has 24 heavy (non-hydrogen) atoms. The van der Waals surface area contributed by atoms with Gasteiger partial charge in [0.1, 0.15) is 11.6 Å². The Kier molecular flexibility index (Phi) is 6.03. The lowest BCUT2D eigenvalue weighted by atomic mass is 10.0. The van der Waals surface area contributed by atoms with E-state index in [0.29, 0.717) is 21.7 Å². The van der Waals surface area contributed by atoms with Crippen molar-refractivity contribution in [2.45, 2.75) is 19.8 Å². The van der Waals surface area contributed by atoms with Crippen molar-refractivity contribution in [2.24, 2.45) is 0 Å². The van der Waals surface area contributed by atoms with Crippen LogP contribution in [0.2, 0.25) is 10.0 Å². The standard InChI is InChI=1S/C19H16Cl2N2O/c1-12(2)14-5-3-13(4-6-14)9-15(11-22)19(24)23-18-8-7-16(20)10-17(18)21/h3-10,12H,1-2H3,(H,23,24)/b15-9-. The Morgan fingerprint density at radius 2 is 1.83 bits per heavy atom. The highest BCUT2D eigenvalue weighted by Crippen LogP contribution is 2.26. The number of anilines is 1. The molecule has 1 amide bonds. The van der Waals surface area contributed by atoms with E-state index in [4.69, 9.17) is 23.2 Å². The second kappa shape index (κ2) is 8.01. The SMILES string of the molecule is CC(C)c1ccc(/C=C(/C#N)C(=O)Nc2ccc(Cl)cc2Cl)cc1. The molecule has 0 heterocycles. The van der Waals surface area contributed by atoms with Crippen molar-refractivity contribution >= 4 is 40.9 Å². The predicted octanol–water partition coefficient (Wildman–Crippen LogP) is 5.66. The van der Waals surface area contributed by atoms with Gasteiger partial charge in [-0.3, -0.25) is 4.79 Å². The Labute approximate surface area is 151 Å². The zero-order valence-corrected chi connectivity index (χ0v) is 14.8. The van der Waals surface area contributed by atoms with Crippen LogP contribution in [0.25, 0.3) is 6.08 Å². The first kappa shape index (κ1) is 18.1. The van der Waals surface area contributed by atoms with Gasteiger partial charge in [-0.05, 0) is 41.3 Å². The maximum absolute atomic E-state index is 12.3. The lowest BCUT2D eigenvalue weighted by Crippen LogP contribution is -2.13. The molecule has 0 aliphatic carbocycles. The van der Waals surface area contributed by atoms with Gasteiger partial charge >= 0.3 is 0 Å². The molecule has 0 spiro atoms. The van der Waals surface area contributed by atoms with Crippen LogP contribution in [0.4, 0.5) is 5.69 Å². The Hall–Kier alpha value is -2.28. The minimum Gasteiger partial charge on any atom is -0.320 e. The van der Waals surface area contributed by atoms with Crippen LogP contribution in [0, 0.1) is 11.3 Å². The quantitative estimate of drug-likeness (QED) is 0.565. The number of nitrogens with one attached hydrogen (secondary N) is 1. The summed E-state index contributed by atoms with van der Waals surface area (Å²) in [4.78, 5) is 12.3. The summed E-state index contributed by atoms with van der Waals surface area (Å²) < 4.78 is 0. The summed E-state index contributed by atoms with van der Waals surface area (Å²) in [7, 11) is 0. The number of hydrogen-bond acceptors (Lipinski definition) is 2. The third-order valence-electron chi connectivity index (χ3n) is 3.46. The maximum atomic E-state index is 12.3. The normalized spacial score (nSPS) is 11.2. The van der Waals surface area contributed by atoms with Gasteiger partial charge in [0, 0.05) is 5.02 Å². The number of nitriles is 1. The van der Waals surface area contributed by atoms with Gasteiger partial charge in [0.15, 0.2) is 0 Å². The highest BCUT2D eigenvalue weighted by Gasteiger charge is 2.12. The molecule has 0 radical (unpaired) electrons. The summed E-state index contributed by atoms with van der Waals surface area (Å²) in [5.41, 5.74) is 2.39. The molecule has 2 rings (SSSR count). The smallest absolute Gasteiger partial charge is 0.266 e. The van der Waals surface area contributed by atoms with E-state index in [0.717, 1.165) is 5.56 Å². The van der Waals surface area contributed by atoms with Crippen LogP contribution >= 0.6 is 23.2 Å². The van der Waals surface area contributed by atoms with E-state index in [2.05, 4.69) is 19.2 Å². The number of hydrogen-bond donors (Lipinski definition) is 1. The number of benzene rings is 2. The minimum atomic E-state index is -0.519. The van der Waals surface area contributed by atoms with Crippen LogP contribution in [0.3, 0.4) is 0 Å². The van der Waals surface area contributed by atoms with Gasteiger partial charge in [-0.2, -0.15) is 5.26 Å². The van der Waals surface area contributed by atoms with Crippen LogP contribution < -0.4 is 5.32 Å². The van der Waals surface area contributed by atoms with Gasteiger partial charge in [-0.15, -0.1) is 0 Å². The summed E-state index contributed by atoms with van der Waals surface area (Å²) in [6, 6.07) is 14.4. The molecule has 0 unspecified atom stereocenters. The molecule has 0 aliphatic rings. The van der Waals surface area contributed by atoms with E-state index in [1.54, 1.807) is 18.2 Å². The van der Waals surface area contributed by atoms with Gasteiger partial charge in [-0.1, -0.05) is 61.3 Å². The monoisotopic (exact) mass is 358 g/mol. The molecule has 0 aromatic heterocycles. The Morgan fingerprint density at radius 3 is 2.38 bits per heavy atom. The van der Waals surface area contributed by atoms with E-state index in [1.165, 1.54) is 11.6 Å². The molecular formula is C19H16Cl2N2O. The molecule has 1 N–H and O–H groups in total. The molecule has 3 nitrogen and oxygen atoms in total. The Bertz CT molecular complexity index is 818. The van der Waals surface area contributed by atoms with Crippen molar-refractivity contribution in [1.29, 1.82) is 5.26 Å². The Morgan fingerprint density at radius 1 is 1.17 bits per heavy atom. The predicted molar refractivity (Wildman–Crippen MR) is 99.2 cm³/mol. The summed E-state index contributed by atoms with van der Waals surface area (Å²) in [6.07, 6.45) is 1.54. The summed E-state index contributed by atoms with van der Waals surface area (Å²) >= 11 is 11.9. The average Bonchev–Trinajstić information content (AvgIpc) is 2.55. The van der Waals surface area contributed by atoms with Crippen molar-refractivity contribution in [2.75, 3.05) is 5.32 Å². The van der Waals surface area contributed by atoms with Crippen molar-refractivity contribution < 1.29 is 4.79 Å². The Balaban J connectivity index is 2.20. The topological polar surface area (TPSA) is 52.9 Å². The molecule has 0 atom stereocenters. The van der Waals surface area contributed by atoms with Gasteiger partial charge < -0.3 is 5.32 Å². The zero-order valence-electron chi connectivity index (χ0n) is 13.3. The number of amides is 1. The fourth-order valence-corrected chi connectivity index (χ4v) is 2.53. The fourth-order valence-electron chi connectivity index (χ4n) is 2.07. The van der Waals surface area contributed by atoms with Crippen LogP contribution in [0.1, 0.15) is 30.9 Å². The van der Waals surface area contributed by atoms with E-state index < -0.39 is 5.91 Å². The first-order chi connectivity index (χ1) is 11.4. The van der Waals surface area contributed by atoms with Crippen LogP contribution in [0.5, 0.6) is 0 Å². The summed E-state index contributed by atoms with van der Waals surface area (Å²) in [5.74, 6) is -0.0940. The van der Waals surface area contributed by atoms with Crippen molar-refractivity contribution in [3.05, 3.63) is 69.2 Å². The maximum Gasteiger partial charge on any atom is 0.266 e. The molecular weight excluding hydrogens is 343 g/mol. The number of carbonyl (C=O) groups excluding carboxylic acids is 1. The largest absolute Gasteiger partial charge is 0.320 e. The van der Waals surface area contributed by atoms with Gasteiger partial charge in [-0.25, -0.2) is 0 Å². The molecule has 2 aromatic rings. The van der Waals surface area contributed by atoms with Crippen LogP contribution in [-0.4, -0.2) is 5.91 Å². The van der Waals surface area contributed by atoms with E-state index in [9.17, 15) is 10.1 Å². The minimum absolute atomic E-state index is 0.00156. The van der Waals surface area contributed by atoms with E-state index in [-0.39, 0.29) is 5.57 Å². The zero-order chi connectivity index (χ0) is 17.7. The van der Waals surface area contributed by atoms with Crippen molar-refractivity contribution in [3.8, 4) is 6.07 Å². The summed E-state index contributed by atoms with van der Waals surface area (Å²) in [6.45, 7) is 4.21. The van der Waals surface area contributed by atoms with Gasteiger partial charge in [0.2, 0.25) is 0 Å². The second-order valence-electron chi connectivity index (χ2n) is 5.57. The molecule has 0 fully saturated rings. The third-order valence-corrected chi connectivity index (χ3v) is 4.01. The van der Waals surface area contributed by atoms with Crippen molar-refractivity contribution in [1.82, 2.24) is 0 Å². The number of rotatable bonds is 4. The first-order valence-corrected chi connectivity index (χ1v) is 8.14. The molecule has 0 aliphatic heterocycles. The van der Waals surface area contributed by atoms with Gasteiger partial charge in [0.05, 0.1) is 10.7 Å². The third kappa shape index (κ3) is 4.61. The second-order valence-corrected chi connectivity index (χ2v) is 6.41. The van der Waals surface area contributed by atoms with E-state index >= 15 is 0 Å². The molecule has 0 saturated heterocycles. The fraction of sp³-hybridized carbons (Fsp3) is 0.158. The molecule has 122 valence electrons. The van der Waals surface area contributed by atoms with Crippen LogP contribution in [0.15, 0.2) is 48.0 Å². The lowest BCUT2D eigenvalue weighted by Gasteiger charge is -2.07. The number of carbonyl (C=O) groups is 1. The average molecular weight is 359 g/mol. The number of nitrogens with zero attached hydrogens (tertiary/aromatic N) is 1. The van der Waals surface area contributed by atoms with Gasteiger partial charge in [0.25, 0.3) is 5.91 Å². The van der Waals surface area contributed by atoms with Crippen molar-refractivity contribution in [3.63, 3.8) is 0 Å². The first-order valence-electron chi connectivity index (χ1n) is 7.39. The molecule has 0 saturated carbocycles. The highest BCUT2D eigenvalue weighted by atomic mass is 35.5. The van der Waals surface area contributed by atoms with E-state index in [1.807, 2.05) is 30.3 Å². The number of halogens is 2. The molecule has 0 bridgehead atoms. The highest BCUT2D eigenvalue weighted by molar-refractivity contribution is 6.36. The molecule has 2 aromatic carbocycles.